The van der Waals surface area contributed by atoms with Crippen molar-refractivity contribution in [2.75, 3.05) is 5.32 Å². The predicted molar refractivity (Wildman–Crippen MR) is 71.9 cm³/mol. The highest BCUT2D eigenvalue weighted by Crippen LogP contribution is 2.13. The van der Waals surface area contributed by atoms with Gasteiger partial charge in [-0.25, -0.2) is 4.79 Å². The zero-order chi connectivity index (χ0) is 13.0. The van der Waals surface area contributed by atoms with Gasteiger partial charge in [0.25, 0.3) is 0 Å². The van der Waals surface area contributed by atoms with Crippen LogP contribution in [0.25, 0.3) is 0 Å². The molecule has 18 heavy (non-hydrogen) atoms. The number of hydrogen-bond donors (Lipinski definition) is 2. The second-order valence-electron chi connectivity index (χ2n) is 4.16. The van der Waals surface area contributed by atoms with E-state index in [4.69, 9.17) is 5.11 Å². The van der Waals surface area contributed by atoms with Gasteiger partial charge in [0, 0.05) is 12.2 Å². The summed E-state index contributed by atoms with van der Waals surface area (Å²) in [6.45, 7) is 2.81. The number of nitrogens with one attached hydrogen (secondary N) is 1. The molecule has 2 aromatic rings. The first kappa shape index (κ1) is 12.2. The molecule has 2 rings (SSSR count). The molecule has 2 N–H and O–H groups in total. The van der Waals surface area contributed by atoms with E-state index in [2.05, 4.69) is 24.4 Å². The number of carboxylic acids is 1. The van der Waals surface area contributed by atoms with E-state index >= 15 is 0 Å². The van der Waals surface area contributed by atoms with Crippen LogP contribution in [-0.2, 0) is 6.54 Å². The molecule has 0 aromatic heterocycles. The molecule has 0 radical (unpaired) electrons. The van der Waals surface area contributed by atoms with Crippen molar-refractivity contribution >= 4 is 11.7 Å². The van der Waals surface area contributed by atoms with Crippen molar-refractivity contribution in [1.29, 1.82) is 0 Å². The van der Waals surface area contributed by atoms with Gasteiger partial charge in [-0.1, -0.05) is 24.3 Å². The topological polar surface area (TPSA) is 49.3 Å². The molecule has 2 aromatic carbocycles. The Morgan fingerprint density at radius 3 is 2.39 bits per heavy atom. The van der Waals surface area contributed by atoms with E-state index in [1.54, 1.807) is 24.3 Å². The van der Waals surface area contributed by atoms with Gasteiger partial charge in [0.1, 0.15) is 0 Å². The van der Waals surface area contributed by atoms with Crippen LogP contribution in [0.5, 0.6) is 0 Å². The Morgan fingerprint density at radius 1 is 1.11 bits per heavy atom. The Balaban J connectivity index is 2.02. The van der Waals surface area contributed by atoms with E-state index in [0.717, 1.165) is 12.2 Å². The molecule has 0 aliphatic rings. The van der Waals surface area contributed by atoms with E-state index in [9.17, 15) is 4.79 Å². The lowest BCUT2D eigenvalue weighted by molar-refractivity contribution is 0.0697. The van der Waals surface area contributed by atoms with E-state index in [0.29, 0.717) is 5.56 Å². The number of carbonyl (C=O) groups is 1. The summed E-state index contributed by atoms with van der Waals surface area (Å²) in [6.07, 6.45) is 0. The summed E-state index contributed by atoms with van der Waals surface area (Å²) in [7, 11) is 0. The summed E-state index contributed by atoms with van der Waals surface area (Å²) >= 11 is 0. The first-order valence-corrected chi connectivity index (χ1v) is 5.78. The molecule has 0 atom stereocenters. The fourth-order valence-corrected chi connectivity index (χ4v) is 1.74. The SMILES string of the molecule is Cc1ccccc1CNc1ccc(C(=O)O)cc1. The minimum absolute atomic E-state index is 0.302. The van der Waals surface area contributed by atoms with Crippen molar-refractivity contribution in [2.24, 2.45) is 0 Å². The van der Waals surface area contributed by atoms with Crippen LogP contribution < -0.4 is 5.32 Å². The molecule has 0 aliphatic carbocycles. The van der Waals surface area contributed by atoms with Gasteiger partial charge in [-0.3, -0.25) is 0 Å². The summed E-state index contributed by atoms with van der Waals surface area (Å²) in [4.78, 5) is 10.7. The molecule has 0 spiro atoms. The van der Waals surface area contributed by atoms with Gasteiger partial charge < -0.3 is 10.4 Å². The number of hydrogen-bond acceptors (Lipinski definition) is 2. The summed E-state index contributed by atoms with van der Waals surface area (Å²) in [6, 6.07) is 14.9. The summed E-state index contributed by atoms with van der Waals surface area (Å²) < 4.78 is 0. The van der Waals surface area contributed by atoms with Gasteiger partial charge in [0.2, 0.25) is 0 Å². The number of anilines is 1. The van der Waals surface area contributed by atoms with E-state index in [1.807, 2.05) is 12.1 Å². The van der Waals surface area contributed by atoms with Crippen molar-refractivity contribution in [1.82, 2.24) is 0 Å². The molecule has 0 bridgehead atoms. The molecule has 0 saturated heterocycles. The smallest absolute Gasteiger partial charge is 0.335 e. The van der Waals surface area contributed by atoms with Crippen LogP contribution in [0, 0.1) is 6.92 Å². The van der Waals surface area contributed by atoms with Gasteiger partial charge in [0.05, 0.1) is 5.56 Å². The number of benzene rings is 2. The molecule has 0 unspecified atom stereocenters. The number of aryl methyl sites for hydroxylation is 1. The Kier molecular flexibility index (Phi) is 3.63. The quantitative estimate of drug-likeness (QED) is 0.863. The van der Waals surface area contributed by atoms with Crippen LogP contribution in [-0.4, -0.2) is 11.1 Å². The second-order valence-corrected chi connectivity index (χ2v) is 4.16. The third-order valence-electron chi connectivity index (χ3n) is 2.88. The van der Waals surface area contributed by atoms with Crippen molar-refractivity contribution in [3.63, 3.8) is 0 Å². The molecule has 0 aliphatic heterocycles. The summed E-state index contributed by atoms with van der Waals surface area (Å²) in [5, 5.41) is 12.1. The van der Waals surface area contributed by atoms with Crippen LogP contribution in [0.2, 0.25) is 0 Å². The molecule has 0 saturated carbocycles. The summed E-state index contributed by atoms with van der Waals surface area (Å²) in [5.41, 5.74) is 3.70. The molecule has 0 heterocycles. The maximum atomic E-state index is 10.7. The highest BCUT2D eigenvalue weighted by Gasteiger charge is 2.02. The third kappa shape index (κ3) is 2.88. The zero-order valence-corrected chi connectivity index (χ0v) is 10.2. The lowest BCUT2D eigenvalue weighted by Crippen LogP contribution is -2.02. The minimum Gasteiger partial charge on any atom is -0.478 e. The Morgan fingerprint density at radius 2 is 1.78 bits per heavy atom. The lowest BCUT2D eigenvalue weighted by Gasteiger charge is -2.09. The Labute approximate surface area is 106 Å². The van der Waals surface area contributed by atoms with Crippen LogP contribution in [0.1, 0.15) is 21.5 Å². The highest BCUT2D eigenvalue weighted by molar-refractivity contribution is 5.87. The normalized spacial score (nSPS) is 10.1. The molecule has 3 nitrogen and oxygen atoms in total. The fraction of sp³-hybridized carbons (Fsp3) is 0.133. The number of rotatable bonds is 4. The monoisotopic (exact) mass is 241 g/mol. The van der Waals surface area contributed by atoms with Crippen LogP contribution in [0.3, 0.4) is 0 Å². The maximum absolute atomic E-state index is 10.7. The lowest BCUT2D eigenvalue weighted by atomic mass is 10.1. The molecule has 0 fully saturated rings. The van der Waals surface area contributed by atoms with Crippen LogP contribution >= 0.6 is 0 Å². The number of carboxylic acid groups (broad SMARTS) is 1. The highest BCUT2D eigenvalue weighted by atomic mass is 16.4. The third-order valence-corrected chi connectivity index (χ3v) is 2.88. The average Bonchev–Trinajstić information content (AvgIpc) is 2.38. The second kappa shape index (κ2) is 5.36. The van der Waals surface area contributed by atoms with E-state index in [1.165, 1.54) is 11.1 Å². The zero-order valence-electron chi connectivity index (χ0n) is 10.2. The Bertz CT molecular complexity index is 547. The van der Waals surface area contributed by atoms with Crippen molar-refractivity contribution in [2.45, 2.75) is 13.5 Å². The van der Waals surface area contributed by atoms with Crippen LogP contribution in [0.15, 0.2) is 48.5 Å². The molecule has 92 valence electrons. The van der Waals surface area contributed by atoms with Crippen LogP contribution in [0.4, 0.5) is 5.69 Å². The molecular formula is C15H15NO2. The number of aromatic carboxylic acids is 1. The van der Waals surface area contributed by atoms with E-state index in [-0.39, 0.29) is 0 Å². The van der Waals surface area contributed by atoms with Crippen molar-refractivity contribution in [3.8, 4) is 0 Å². The first-order chi connectivity index (χ1) is 8.66. The van der Waals surface area contributed by atoms with Crippen molar-refractivity contribution in [3.05, 3.63) is 65.2 Å². The van der Waals surface area contributed by atoms with Gasteiger partial charge in [-0.05, 0) is 42.3 Å². The first-order valence-electron chi connectivity index (χ1n) is 5.78. The molecule has 3 heteroatoms. The van der Waals surface area contributed by atoms with Gasteiger partial charge in [-0.15, -0.1) is 0 Å². The largest absolute Gasteiger partial charge is 0.478 e. The van der Waals surface area contributed by atoms with E-state index < -0.39 is 5.97 Å². The standard InChI is InChI=1S/C15H15NO2/c1-11-4-2-3-5-13(11)10-16-14-8-6-12(7-9-14)15(17)18/h2-9,16H,10H2,1H3,(H,17,18). The molecular weight excluding hydrogens is 226 g/mol. The molecule has 0 amide bonds. The van der Waals surface area contributed by atoms with Crippen molar-refractivity contribution < 1.29 is 9.90 Å². The van der Waals surface area contributed by atoms with Gasteiger partial charge in [0.15, 0.2) is 0 Å². The average molecular weight is 241 g/mol. The predicted octanol–water partition coefficient (Wildman–Crippen LogP) is 3.31. The Hall–Kier alpha value is -2.29. The maximum Gasteiger partial charge on any atom is 0.335 e. The summed E-state index contributed by atoms with van der Waals surface area (Å²) in [5.74, 6) is -0.902. The fourth-order valence-electron chi connectivity index (χ4n) is 1.74. The van der Waals surface area contributed by atoms with Gasteiger partial charge in [-0.2, -0.15) is 0 Å². The minimum atomic E-state index is -0.902. The van der Waals surface area contributed by atoms with Gasteiger partial charge >= 0.3 is 5.97 Å².